The summed E-state index contributed by atoms with van der Waals surface area (Å²) >= 11 is 3.16. The van der Waals surface area contributed by atoms with Gasteiger partial charge in [-0.1, -0.05) is 15.9 Å². The lowest BCUT2D eigenvalue weighted by atomic mass is 10.1. The second-order valence-corrected chi connectivity index (χ2v) is 6.25. The van der Waals surface area contributed by atoms with E-state index in [0.717, 1.165) is 12.5 Å². The molecule has 0 aliphatic carbocycles. The lowest BCUT2D eigenvalue weighted by Gasteiger charge is -2.09. The van der Waals surface area contributed by atoms with E-state index in [-0.39, 0.29) is 5.56 Å². The number of carbonyl (C=O) groups excluding carboxylic acids is 2. The molecule has 0 saturated carbocycles. The molecule has 3 rings (SSSR count). The van der Waals surface area contributed by atoms with Crippen molar-refractivity contribution in [3.05, 3.63) is 57.8 Å². The molecule has 2 aromatic rings. The third-order valence-electron chi connectivity index (χ3n) is 3.55. The molecule has 1 aliphatic heterocycles. The van der Waals surface area contributed by atoms with Crippen LogP contribution in [0.15, 0.2) is 40.9 Å². The third kappa shape index (κ3) is 4.17. The zero-order valence-electron chi connectivity index (χ0n) is 13.1. The number of benzene rings is 2. The van der Waals surface area contributed by atoms with E-state index in [1.54, 1.807) is 18.2 Å². The van der Waals surface area contributed by atoms with Crippen LogP contribution >= 0.6 is 15.9 Å². The molecule has 25 heavy (non-hydrogen) atoms. The van der Waals surface area contributed by atoms with Crippen LogP contribution in [-0.2, 0) is 4.74 Å². The number of hydrogen-bond donors (Lipinski definition) is 0. The first-order valence-corrected chi connectivity index (χ1v) is 8.39. The fourth-order valence-electron chi connectivity index (χ4n) is 2.28. The number of ether oxygens (including phenoxy) is 3. The summed E-state index contributed by atoms with van der Waals surface area (Å²) in [5.41, 5.74) is 0.0904. The van der Waals surface area contributed by atoms with Crippen LogP contribution in [0.5, 0.6) is 11.5 Å². The lowest BCUT2D eigenvalue weighted by molar-refractivity contribution is 0.0470. The minimum atomic E-state index is -0.901. The highest BCUT2D eigenvalue weighted by molar-refractivity contribution is 9.10. The average Bonchev–Trinajstić information content (AvgIpc) is 2.86. The summed E-state index contributed by atoms with van der Waals surface area (Å²) in [4.78, 5) is 24.2. The van der Waals surface area contributed by atoms with Crippen LogP contribution in [0, 0.1) is 5.82 Å². The van der Waals surface area contributed by atoms with Crippen LogP contribution in [0.1, 0.15) is 27.1 Å². The molecule has 5 nitrogen and oxygen atoms in total. The van der Waals surface area contributed by atoms with Crippen LogP contribution in [0.2, 0.25) is 0 Å². The number of rotatable bonds is 4. The van der Waals surface area contributed by atoms with Gasteiger partial charge in [0.15, 0.2) is 23.9 Å². The summed E-state index contributed by atoms with van der Waals surface area (Å²) in [7, 11) is 0. The Morgan fingerprint density at radius 3 is 2.64 bits per heavy atom. The van der Waals surface area contributed by atoms with Crippen LogP contribution in [-0.4, -0.2) is 31.6 Å². The predicted molar refractivity (Wildman–Crippen MR) is 90.8 cm³/mol. The Morgan fingerprint density at radius 2 is 1.84 bits per heavy atom. The molecular formula is C18H14BrFO5. The second kappa shape index (κ2) is 7.65. The van der Waals surface area contributed by atoms with E-state index < -0.39 is 24.2 Å². The van der Waals surface area contributed by atoms with Gasteiger partial charge >= 0.3 is 5.97 Å². The summed E-state index contributed by atoms with van der Waals surface area (Å²) in [6, 6.07) is 8.68. The maximum atomic E-state index is 13.7. The van der Waals surface area contributed by atoms with Crippen molar-refractivity contribution in [2.45, 2.75) is 6.42 Å². The molecular weight excluding hydrogens is 395 g/mol. The van der Waals surface area contributed by atoms with E-state index in [0.29, 0.717) is 34.7 Å². The molecule has 0 amide bonds. The lowest BCUT2D eigenvalue weighted by Crippen LogP contribution is -2.15. The van der Waals surface area contributed by atoms with E-state index in [1.807, 2.05) is 0 Å². The van der Waals surface area contributed by atoms with Crippen molar-refractivity contribution in [3.63, 3.8) is 0 Å². The van der Waals surface area contributed by atoms with Gasteiger partial charge < -0.3 is 14.2 Å². The van der Waals surface area contributed by atoms with Crippen LogP contribution in [0.25, 0.3) is 0 Å². The van der Waals surface area contributed by atoms with Gasteiger partial charge in [-0.3, -0.25) is 4.79 Å². The van der Waals surface area contributed by atoms with Crippen LogP contribution < -0.4 is 9.47 Å². The van der Waals surface area contributed by atoms with Crippen LogP contribution in [0.4, 0.5) is 4.39 Å². The van der Waals surface area contributed by atoms with E-state index in [2.05, 4.69) is 15.9 Å². The second-order valence-electron chi connectivity index (χ2n) is 5.34. The van der Waals surface area contributed by atoms with Gasteiger partial charge in [0.05, 0.1) is 18.8 Å². The highest BCUT2D eigenvalue weighted by atomic mass is 79.9. The minimum Gasteiger partial charge on any atom is -0.490 e. The molecule has 0 atom stereocenters. The van der Waals surface area contributed by atoms with Gasteiger partial charge in [0.1, 0.15) is 5.82 Å². The van der Waals surface area contributed by atoms with Crippen molar-refractivity contribution < 1.29 is 28.2 Å². The molecule has 130 valence electrons. The molecule has 7 heteroatoms. The smallest absolute Gasteiger partial charge is 0.341 e. The van der Waals surface area contributed by atoms with Gasteiger partial charge in [0, 0.05) is 16.5 Å². The van der Waals surface area contributed by atoms with Crippen molar-refractivity contribution in [1.82, 2.24) is 0 Å². The zero-order chi connectivity index (χ0) is 17.8. The number of Topliss-reactive ketones (excluding diaryl/α,β-unsaturated/α-hetero) is 1. The monoisotopic (exact) mass is 408 g/mol. The maximum Gasteiger partial charge on any atom is 0.341 e. The van der Waals surface area contributed by atoms with Gasteiger partial charge in [-0.2, -0.15) is 0 Å². The summed E-state index contributed by atoms with van der Waals surface area (Å²) in [5.74, 6) is -0.980. The summed E-state index contributed by atoms with van der Waals surface area (Å²) in [5, 5.41) is 0. The Kier molecular flexibility index (Phi) is 5.33. The van der Waals surface area contributed by atoms with Gasteiger partial charge in [-0.15, -0.1) is 0 Å². The predicted octanol–water partition coefficient (Wildman–Crippen LogP) is 3.79. The third-order valence-corrected chi connectivity index (χ3v) is 4.05. The maximum absolute atomic E-state index is 13.7. The Bertz CT molecular complexity index is 821. The highest BCUT2D eigenvalue weighted by Gasteiger charge is 2.18. The van der Waals surface area contributed by atoms with E-state index in [9.17, 15) is 14.0 Å². The van der Waals surface area contributed by atoms with E-state index >= 15 is 0 Å². The van der Waals surface area contributed by atoms with Gasteiger partial charge in [-0.05, 0) is 36.4 Å². The zero-order valence-corrected chi connectivity index (χ0v) is 14.7. The topological polar surface area (TPSA) is 61.8 Å². The van der Waals surface area contributed by atoms with Gasteiger partial charge in [0.25, 0.3) is 0 Å². The SMILES string of the molecule is O=C(COC(=O)c1cc(Br)ccc1F)c1ccc2c(c1)OCCCO2. The normalized spacial score (nSPS) is 13.0. The molecule has 0 N–H and O–H groups in total. The molecule has 0 saturated heterocycles. The quantitative estimate of drug-likeness (QED) is 0.568. The Labute approximate surface area is 151 Å². The highest BCUT2D eigenvalue weighted by Crippen LogP contribution is 2.30. The number of ketones is 1. The van der Waals surface area contributed by atoms with Crippen molar-refractivity contribution in [2.24, 2.45) is 0 Å². The fourth-order valence-corrected chi connectivity index (χ4v) is 2.64. The van der Waals surface area contributed by atoms with E-state index in [1.165, 1.54) is 12.1 Å². The number of carbonyl (C=O) groups is 2. The van der Waals surface area contributed by atoms with Crippen molar-refractivity contribution in [2.75, 3.05) is 19.8 Å². The van der Waals surface area contributed by atoms with Crippen LogP contribution in [0.3, 0.4) is 0 Å². The molecule has 1 aliphatic rings. The number of halogens is 2. The summed E-state index contributed by atoms with van der Waals surface area (Å²) in [6.45, 7) is 0.558. The van der Waals surface area contributed by atoms with Crippen molar-refractivity contribution >= 4 is 27.7 Å². The molecule has 0 unspecified atom stereocenters. The summed E-state index contributed by atoms with van der Waals surface area (Å²) in [6.07, 6.45) is 0.758. The molecule has 0 fully saturated rings. The minimum absolute atomic E-state index is 0.235. The first-order valence-electron chi connectivity index (χ1n) is 7.59. The fraction of sp³-hybridized carbons (Fsp3) is 0.222. The molecule has 0 spiro atoms. The Morgan fingerprint density at radius 1 is 1.08 bits per heavy atom. The summed E-state index contributed by atoms with van der Waals surface area (Å²) < 4.78 is 30.1. The Hall–Kier alpha value is -2.41. The number of hydrogen-bond acceptors (Lipinski definition) is 5. The first kappa shape index (κ1) is 17.4. The Balaban J connectivity index is 1.67. The van der Waals surface area contributed by atoms with Gasteiger partial charge in [-0.25, -0.2) is 9.18 Å². The first-order chi connectivity index (χ1) is 12.0. The average molecular weight is 409 g/mol. The standard InChI is InChI=1S/C18H14BrFO5/c19-12-3-4-14(20)13(9-12)18(22)25-10-15(21)11-2-5-16-17(8-11)24-7-1-6-23-16/h2-5,8-9H,1,6-7,10H2. The molecule has 2 aromatic carbocycles. The molecule has 1 heterocycles. The molecule has 0 aromatic heterocycles. The van der Waals surface area contributed by atoms with Crippen molar-refractivity contribution in [1.29, 1.82) is 0 Å². The molecule has 0 radical (unpaired) electrons. The largest absolute Gasteiger partial charge is 0.490 e. The molecule has 0 bridgehead atoms. The van der Waals surface area contributed by atoms with E-state index in [4.69, 9.17) is 14.2 Å². The number of fused-ring (bicyclic) bond motifs is 1. The number of esters is 1. The van der Waals surface area contributed by atoms with Gasteiger partial charge in [0.2, 0.25) is 0 Å². The van der Waals surface area contributed by atoms with Crippen molar-refractivity contribution in [3.8, 4) is 11.5 Å².